The number of rotatable bonds is 8. The zero-order valence-corrected chi connectivity index (χ0v) is 23.7. The molecule has 5 nitrogen and oxygen atoms in total. The third kappa shape index (κ3) is 6.35. The number of carbonyl (C=O) groups excluding carboxylic acids is 1. The number of amides is 1. The number of carbonyl (C=O) groups is 1. The highest BCUT2D eigenvalue weighted by Gasteiger charge is 2.32. The van der Waals surface area contributed by atoms with Gasteiger partial charge in [-0.1, -0.05) is 50.1 Å². The van der Waals surface area contributed by atoms with Crippen molar-refractivity contribution in [2.24, 2.45) is 5.92 Å². The second-order valence-corrected chi connectivity index (χ2v) is 12.8. The standard InChI is InChI=1S/C27H28Br2N2O3S/c1-19-12-20(2)14-25(13-19)31(35(33,34)26-8-6-23(28)7-9-26)11-10-27(32)30-17-22(18-30)15-21-4-3-5-24(29)16-21/h3-9,12-14,16,22H,10-11,15,17-18H2,1-2H3. The van der Waals surface area contributed by atoms with Crippen LogP contribution in [0.5, 0.6) is 0 Å². The molecule has 1 amide bonds. The monoisotopic (exact) mass is 618 g/mol. The first-order valence-electron chi connectivity index (χ1n) is 11.5. The van der Waals surface area contributed by atoms with Crippen molar-refractivity contribution in [3.05, 3.63) is 92.4 Å². The minimum absolute atomic E-state index is 0.0177. The van der Waals surface area contributed by atoms with Gasteiger partial charge in [-0.05, 0) is 91.4 Å². The molecule has 35 heavy (non-hydrogen) atoms. The summed E-state index contributed by atoms with van der Waals surface area (Å²) in [6.45, 7) is 5.38. The van der Waals surface area contributed by atoms with E-state index in [-0.39, 0.29) is 23.8 Å². The van der Waals surface area contributed by atoms with Gasteiger partial charge >= 0.3 is 0 Å². The molecule has 3 aromatic rings. The maximum Gasteiger partial charge on any atom is 0.264 e. The van der Waals surface area contributed by atoms with E-state index in [1.165, 1.54) is 9.87 Å². The maximum absolute atomic E-state index is 13.6. The molecule has 1 fully saturated rings. The predicted octanol–water partition coefficient (Wildman–Crippen LogP) is 6.11. The molecule has 0 radical (unpaired) electrons. The Hall–Kier alpha value is -2.16. The number of likely N-dealkylation sites (tertiary alicyclic amines) is 1. The van der Waals surface area contributed by atoms with Gasteiger partial charge in [-0.3, -0.25) is 9.10 Å². The van der Waals surface area contributed by atoms with E-state index in [9.17, 15) is 13.2 Å². The van der Waals surface area contributed by atoms with Gasteiger partial charge in [0.05, 0.1) is 10.6 Å². The molecule has 0 unspecified atom stereocenters. The van der Waals surface area contributed by atoms with Crippen molar-refractivity contribution in [3.8, 4) is 0 Å². The van der Waals surface area contributed by atoms with E-state index in [0.717, 1.165) is 26.5 Å². The number of sulfonamides is 1. The second kappa shape index (κ2) is 10.8. The van der Waals surface area contributed by atoms with Gasteiger partial charge < -0.3 is 4.90 Å². The summed E-state index contributed by atoms with van der Waals surface area (Å²) < 4.78 is 30.4. The SMILES string of the molecule is Cc1cc(C)cc(N(CCC(=O)N2CC(Cc3cccc(Br)c3)C2)S(=O)(=O)c2ccc(Br)cc2)c1. The van der Waals surface area contributed by atoms with E-state index >= 15 is 0 Å². The highest BCUT2D eigenvalue weighted by Crippen LogP contribution is 2.28. The van der Waals surface area contributed by atoms with Crippen LogP contribution in [0, 0.1) is 19.8 Å². The Bertz CT molecular complexity index is 1300. The van der Waals surface area contributed by atoms with Crippen LogP contribution < -0.4 is 4.31 Å². The summed E-state index contributed by atoms with van der Waals surface area (Å²) in [6, 6.07) is 20.5. The summed E-state index contributed by atoms with van der Waals surface area (Å²) >= 11 is 6.87. The third-order valence-electron chi connectivity index (χ3n) is 6.15. The number of aryl methyl sites for hydroxylation is 2. The van der Waals surface area contributed by atoms with Crippen LogP contribution in [0.2, 0.25) is 0 Å². The quantitative estimate of drug-likeness (QED) is 0.305. The molecule has 8 heteroatoms. The fraction of sp³-hybridized carbons (Fsp3) is 0.296. The number of benzene rings is 3. The summed E-state index contributed by atoms with van der Waals surface area (Å²) in [4.78, 5) is 15.0. The van der Waals surface area contributed by atoms with Crippen LogP contribution in [0.15, 0.2) is 80.6 Å². The number of anilines is 1. The molecule has 0 N–H and O–H groups in total. The summed E-state index contributed by atoms with van der Waals surface area (Å²) in [5.41, 5.74) is 3.77. The molecule has 1 aliphatic rings. The predicted molar refractivity (Wildman–Crippen MR) is 147 cm³/mol. The summed E-state index contributed by atoms with van der Waals surface area (Å²) in [6.07, 6.45) is 1.06. The molecular weight excluding hydrogens is 592 g/mol. The average molecular weight is 620 g/mol. The first kappa shape index (κ1) is 25.9. The summed E-state index contributed by atoms with van der Waals surface area (Å²) in [5.74, 6) is 0.408. The van der Waals surface area contributed by atoms with Crippen molar-refractivity contribution in [1.29, 1.82) is 0 Å². The Morgan fingerprint density at radius 1 is 0.943 bits per heavy atom. The molecule has 3 aromatic carbocycles. The molecule has 184 valence electrons. The largest absolute Gasteiger partial charge is 0.342 e. The minimum atomic E-state index is -3.83. The van der Waals surface area contributed by atoms with Crippen LogP contribution in [0.3, 0.4) is 0 Å². The van der Waals surface area contributed by atoms with Crippen molar-refractivity contribution in [2.45, 2.75) is 31.6 Å². The Morgan fingerprint density at radius 2 is 1.60 bits per heavy atom. The average Bonchev–Trinajstić information content (AvgIpc) is 2.75. The van der Waals surface area contributed by atoms with Crippen LogP contribution in [-0.4, -0.2) is 38.9 Å². The fourth-order valence-electron chi connectivity index (χ4n) is 4.47. The summed E-state index contributed by atoms with van der Waals surface area (Å²) in [5, 5.41) is 0. The van der Waals surface area contributed by atoms with Gasteiger partial charge in [0.25, 0.3) is 10.0 Å². The number of halogens is 2. The molecule has 1 saturated heterocycles. The van der Waals surface area contributed by atoms with E-state index in [4.69, 9.17) is 0 Å². The van der Waals surface area contributed by atoms with E-state index in [1.807, 2.05) is 49.1 Å². The first-order valence-corrected chi connectivity index (χ1v) is 14.5. The Balaban J connectivity index is 1.46. The number of nitrogens with zero attached hydrogens (tertiary/aromatic N) is 2. The van der Waals surface area contributed by atoms with Crippen LogP contribution in [0.25, 0.3) is 0 Å². The molecule has 4 rings (SSSR count). The van der Waals surface area contributed by atoms with Crippen molar-refractivity contribution in [1.82, 2.24) is 4.90 Å². The zero-order valence-electron chi connectivity index (χ0n) is 19.7. The Kier molecular flexibility index (Phi) is 8.03. The highest BCUT2D eigenvalue weighted by atomic mass is 79.9. The first-order chi connectivity index (χ1) is 16.6. The molecule has 0 aliphatic carbocycles. The van der Waals surface area contributed by atoms with Gasteiger partial charge in [-0.2, -0.15) is 0 Å². The molecule has 1 aliphatic heterocycles. The van der Waals surface area contributed by atoms with Crippen molar-refractivity contribution in [2.75, 3.05) is 23.9 Å². The van der Waals surface area contributed by atoms with Gasteiger partial charge in [0.2, 0.25) is 5.91 Å². The lowest BCUT2D eigenvalue weighted by Gasteiger charge is -2.40. The lowest BCUT2D eigenvalue weighted by Crippen LogP contribution is -2.51. The fourth-order valence-corrected chi connectivity index (χ4v) is 6.63. The van der Waals surface area contributed by atoms with Crippen LogP contribution in [-0.2, 0) is 21.2 Å². The Morgan fingerprint density at radius 3 is 2.23 bits per heavy atom. The van der Waals surface area contributed by atoms with Gasteiger partial charge in [-0.15, -0.1) is 0 Å². The molecule has 1 heterocycles. The smallest absolute Gasteiger partial charge is 0.264 e. The van der Waals surface area contributed by atoms with Crippen molar-refractivity contribution < 1.29 is 13.2 Å². The zero-order chi connectivity index (χ0) is 25.2. The van der Waals surface area contributed by atoms with Crippen LogP contribution in [0.4, 0.5) is 5.69 Å². The van der Waals surface area contributed by atoms with Gasteiger partial charge in [0, 0.05) is 35.0 Å². The molecule has 0 bridgehead atoms. The molecule has 0 spiro atoms. The lowest BCUT2D eigenvalue weighted by molar-refractivity contribution is -0.137. The van der Waals surface area contributed by atoms with Crippen molar-refractivity contribution >= 4 is 53.5 Å². The van der Waals surface area contributed by atoms with E-state index in [1.54, 1.807) is 24.3 Å². The summed E-state index contributed by atoms with van der Waals surface area (Å²) in [7, 11) is -3.83. The maximum atomic E-state index is 13.6. The van der Waals surface area contributed by atoms with Gasteiger partial charge in [0.15, 0.2) is 0 Å². The van der Waals surface area contributed by atoms with E-state index in [2.05, 4.69) is 44.0 Å². The molecular formula is C27H28Br2N2O3S. The second-order valence-electron chi connectivity index (χ2n) is 9.13. The number of hydrogen-bond acceptors (Lipinski definition) is 3. The van der Waals surface area contributed by atoms with E-state index < -0.39 is 10.0 Å². The third-order valence-corrected chi connectivity index (χ3v) is 9.01. The van der Waals surface area contributed by atoms with Crippen molar-refractivity contribution in [3.63, 3.8) is 0 Å². The minimum Gasteiger partial charge on any atom is -0.342 e. The molecule has 0 atom stereocenters. The topological polar surface area (TPSA) is 57.7 Å². The Labute approximate surface area is 224 Å². The number of hydrogen-bond donors (Lipinski definition) is 0. The molecule has 0 aromatic heterocycles. The molecule has 0 saturated carbocycles. The van der Waals surface area contributed by atoms with Crippen LogP contribution >= 0.6 is 31.9 Å². The normalized spacial score (nSPS) is 14.0. The van der Waals surface area contributed by atoms with Crippen LogP contribution in [0.1, 0.15) is 23.1 Å². The van der Waals surface area contributed by atoms with E-state index in [0.29, 0.717) is 24.7 Å². The van der Waals surface area contributed by atoms with Gasteiger partial charge in [-0.25, -0.2) is 8.42 Å². The highest BCUT2D eigenvalue weighted by molar-refractivity contribution is 9.10. The lowest BCUT2D eigenvalue weighted by atomic mass is 9.92. The van der Waals surface area contributed by atoms with Gasteiger partial charge in [0.1, 0.15) is 0 Å².